The summed E-state index contributed by atoms with van der Waals surface area (Å²) < 4.78 is 18.8. The van der Waals surface area contributed by atoms with Crippen molar-refractivity contribution in [3.63, 3.8) is 0 Å². The molecule has 6 heteroatoms. The van der Waals surface area contributed by atoms with E-state index in [0.29, 0.717) is 12.1 Å². The van der Waals surface area contributed by atoms with Crippen LogP contribution in [-0.4, -0.2) is 51.2 Å². The first-order valence-electron chi connectivity index (χ1n) is 9.23. The monoisotopic (exact) mass is 370 g/mol. The Kier molecular flexibility index (Phi) is 6.65. The van der Waals surface area contributed by atoms with Crippen LogP contribution in [-0.2, 0) is 17.9 Å². The number of ether oxygens (including phenoxy) is 1. The van der Waals surface area contributed by atoms with Crippen LogP contribution in [0.15, 0.2) is 53.5 Å². The highest BCUT2D eigenvalue weighted by atomic mass is 19.1. The molecule has 0 unspecified atom stereocenters. The summed E-state index contributed by atoms with van der Waals surface area (Å²) in [5, 5.41) is 3.39. The lowest BCUT2D eigenvalue weighted by atomic mass is 10.1. The maximum atomic E-state index is 13.8. The summed E-state index contributed by atoms with van der Waals surface area (Å²) >= 11 is 0. The van der Waals surface area contributed by atoms with Gasteiger partial charge in [0.15, 0.2) is 5.96 Å². The summed E-state index contributed by atoms with van der Waals surface area (Å²) in [6.45, 7) is 4.61. The second kappa shape index (κ2) is 9.37. The van der Waals surface area contributed by atoms with Crippen LogP contribution < -0.4 is 10.2 Å². The average Bonchev–Trinajstić information content (AvgIpc) is 2.72. The molecule has 1 fully saturated rings. The van der Waals surface area contributed by atoms with Gasteiger partial charge in [-0.3, -0.25) is 4.99 Å². The van der Waals surface area contributed by atoms with Crippen molar-refractivity contribution >= 4 is 11.6 Å². The first kappa shape index (κ1) is 19.2. The molecule has 27 heavy (non-hydrogen) atoms. The third kappa shape index (κ3) is 4.98. The number of guanidine groups is 1. The normalized spacial score (nSPS) is 15.1. The number of hydrogen-bond donors (Lipinski definition) is 1. The summed E-state index contributed by atoms with van der Waals surface area (Å²) in [6.07, 6.45) is 0. The summed E-state index contributed by atoms with van der Waals surface area (Å²) in [5.41, 5.74) is 2.84. The molecule has 0 bridgehead atoms. The summed E-state index contributed by atoms with van der Waals surface area (Å²) in [7, 11) is 3.37. The number of nitrogens with zero attached hydrogens (tertiary/aromatic N) is 3. The first-order chi connectivity index (χ1) is 13.2. The Morgan fingerprint density at radius 2 is 1.85 bits per heavy atom. The lowest BCUT2D eigenvalue weighted by molar-refractivity contribution is 0.181. The molecule has 0 amide bonds. The number of anilines is 1. The highest BCUT2D eigenvalue weighted by Crippen LogP contribution is 2.16. The molecule has 1 saturated heterocycles. The molecule has 0 spiro atoms. The van der Waals surface area contributed by atoms with E-state index in [-0.39, 0.29) is 12.4 Å². The average molecular weight is 370 g/mol. The highest BCUT2D eigenvalue weighted by molar-refractivity contribution is 5.80. The molecule has 144 valence electrons. The third-order valence-corrected chi connectivity index (χ3v) is 4.77. The maximum absolute atomic E-state index is 13.8. The number of nitrogens with one attached hydrogen (secondary N) is 1. The Balaban J connectivity index is 1.55. The Morgan fingerprint density at radius 3 is 2.52 bits per heavy atom. The number of hydrogen-bond acceptors (Lipinski definition) is 3. The van der Waals surface area contributed by atoms with Crippen LogP contribution in [0.3, 0.4) is 0 Å². The second-order valence-corrected chi connectivity index (χ2v) is 6.57. The van der Waals surface area contributed by atoms with Crippen LogP contribution in [0.2, 0.25) is 0 Å². The zero-order valence-electron chi connectivity index (χ0n) is 16.0. The molecule has 1 aliphatic rings. The zero-order valence-corrected chi connectivity index (χ0v) is 16.0. The van der Waals surface area contributed by atoms with Crippen molar-refractivity contribution in [1.82, 2.24) is 10.2 Å². The topological polar surface area (TPSA) is 40.1 Å². The molecule has 3 rings (SSSR count). The van der Waals surface area contributed by atoms with Gasteiger partial charge in [0, 0.05) is 58.1 Å². The van der Waals surface area contributed by atoms with E-state index in [9.17, 15) is 4.39 Å². The summed E-state index contributed by atoms with van der Waals surface area (Å²) in [6, 6.07) is 15.6. The van der Waals surface area contributed by atoms with Crippen molar-refractivity contribution in [1.29, 1.82) is 0 Å². The Morgan fingerprint density at radius 1 is 1.11 bits per heavy atom. The molecule has 2 aromatic rings. The summed E-state index contributed by atoms with van der Waals surface area (Å²) in [4.78, 5) is 9.07. The summed E-state index contributed by atoms with van der Waals surface area (Å²) in [5.74, 6) is 0.641. The van der Waals surface area contributed by atoms with Gasteiger partial charge in [0.2, 0.25) is 0 Å². The number of piperazine rings is 1. The van der Waals surface area contributed by atoms with Gasteiger partial charge in [-0.2, -0.15) is 0 Å². The predicted octanol–water partition coefficient (Wildman–Crippen LogP) is 2.87. The van der Waals surface area contributed by atoms with Crippen molar-refractivity contribution in [2.45, 2.75) is 13.2 Å². The zero-order chi connectivity index (χ0) is 19.1. The second-order valence-electron chi connectivity index (χ2n) is 6.57. The molecule has 0 atom stereocenters. The Labute approximate surface area is 160 Å². The van der Waals surface area contributed by atoms with E-state index in [0.717, 1.165) is 37.7 Å². The minimum Gasteiger partial charge on any atom is -0.380 e. The van der Waals surface area contributed by atoms with Crippen molar-refractivity contribution in [3.05, 3.63) is 65.5 Å². The largest absolute Gasteiger partial charge is 0.380 e. The number of methoxy groups -OCH3 is 1. The third-order valence-electron chi connectivity index (χ3n) is 4.77. The first-order valence-corrected chi connectivity index (χ1v) is 9.23. The Bertz CT molecular complexity index is 758. The number of rotatable bonds is 5. The number of aliphatic imine (C=N–C) groups is 1. The molecule has 1 heterocycles. The molecule has 0 aromatic heterocycles. The van der Waals surface area contributed by atoms with Gasteiger partial charge < -0.3 is 19.9 Å². The van der Waals surface area contributed by atoms with Gasteiger partial charge in [0.1, 0.15) is 5.82 Å². The SMILES string of the molecule is CN=C(NCc1ccc(F)c(COC)c1)N1CCN(c2ccccc2)CC1. The van der Waals surface area contributed by atoms with Crippen LogP contribution in [0.5, 0.6) is 0 Å². The number of para-hydroxylation sites is 1. The van der Waals surface area contributed by atoms with Gasteiger partial charge in [-0.1, -0.05) is 24.3 Å². The van der Waals surface area contributed by atoms with Crippen molar-refractivity contribution in [2.75, 3.05) is 45.2 Å². The van der Waals surface area contributed by atoms with Crippen molar-refractivity contribution in [3.8, 4) is 0 Å². The number of halogens is 1. The molecular formula is C21H27FN4O. The maximum Gasteiger partial charge on any atom is 0.194 e. The minimum atomic E-state index is -0.234. The lowest BCUT2D eigenvalue weighted by Crippen LogP contribution is -2.52. The molecule has 5 nitrogen and oxygen atoms in total. The van der Waals surface area contributed by atoms with Crippen LogP contribution in [0.1, 0.15) is 11.1 Å². The Hall–Kier alpha value is -2.60. The fourth-order valence-corrected chi connectivity index (χ4v) is 3.33. The van der Waals surface area contributed by atoms with E-state index >= 15 is 0 Å². The lowest BCUT2D eigenvalue weighted by Gasteiger charge is -2.37. The van der Waals surface area contributed by atoms with Gasteiger partial charge >= 0.3 is 0 Å². The van der Waals surface area contributed by atoms with Crippen molar-refractivity contribution in [2.24, 2.45) is 4.99 Å². The number of benzene rings is 2. The smallest absolute Gasteiger partial charge is 0.194 e. The van der Waals surface area contributed by atoms with E-state index < -0.39 is 0 Å². The van der Waals surface area contributed by atoms with E-state index in [1.165, 1.54) is 11.8 Å². The van der Waals surface area contributed by atoms with Gasteiger partial charge in [-0.15, -0.1) is 0 Å². The molecule has 2 aromatic carbocycles. The standard InChI is InChI=1S/C21H27FN4O/c1-23-21(24-15-17-8-9-20(22)18(14-17)16-27-2)26-12-10-25(11-13-26)19-6-4-3-5-7-19/h3-9,14H,10-13,15-16H2,1-2H3,(H,23,24). The molecule has 0 radical (unpaired) electrons. The van der Waals surface area contributed by atoms with E-state index in [1.807, 2.05) is 12.1 Å². The van der Waals surface area contributed by atoms with E-state index in [1.54, 1.807) is 20.2 Å². The van der Waals surface area contributed by atoms with Crippen LogP contribution in [0.4, 0.5) is 10.1 Å². The van der Waals surface area contributed by atoms with Crippen LogP contribution >= 0.6 is 0 Å². The van der Waals surface area contributed by atoms with E-state index in [2.05, 4.69) is 44.4 Å². The van der Waals surface area contributed by atoms with Crippen molar-refractivity contribution < 1.29 is 9.13 Å². The fourth-order valence-electron chi connectivity index (χ4n) is 3.33. The van der Waals surface area contributed by atoms with Gasteiger partial charge in [0.25, 0.3) is 0 Å². The fraction of sp³-hybridized carbons (Fsp3) is 0.381. The molecule has 0 saturated carbocycles. The van der Waals surface area contributed by atoms with E-state index in [4.69, 9.17) is 4.74 Å². The highest BCUT2D eigenvalue weighted by Gasteiger charge is 2.19. The minimum absolute atomic E-state index is 0.234. The van der Waals surface area contributed by atoms with Gasteiger partial charge in [0.05, 0.1) is 6.61 Å². The molecule has 1 N–H and O–H groups in total. The van der Waals surface area contributed by atoms with Gasteiger partial charge in [-0.25, -0.2) is 4.39 Å². The molecular weight excluding hydrogens is 343 g/mol. The predicted molar refractivity (Wildman–Crippen MR) is 108 cm³/mol. The van der Waals surface area contributed by atoms with Crippen LogP contribution in [0, 0.1) is 5.82 Å². The van der Waals surface area contributed by atoms with Gasteiger partial charge in [-0.05, 0) is 29.8 Å². The molecule has 0 aliphatic carbocycles. The quantitative estimate of drug-likeness (QED) is 0.649. The van der Waals surface area contributed by atoms with Crippen LogP contribution in [0.25, 0.3) is 0 Å². The molecule has 1 aliphatic heterocycles.